The van der Waals surface area contributed by atoms with Gasteiger partial charge in [0.25, 0.3) is 5.91 Å². The summed E-state index contributed by atoms with van der Waals surface area (Å²) < 4.78 is 0. The molecule has 0 aromatic rings. The average molecular weight is 166 g/mol. The minimum Gasteiger partial charge on any atom is -0.275 e. The smallest absolute Gasteiger partial charge is 0.275 e. The van der Waals surface area contributed by atoms with Crippen LogP contribution in [0, 0.1) is 12.0 Å². The lowest BCUT2D eigenvalue weighted by atomic mass is 10.1. The van der Waals surface area contributed by atoms with E-state index in [1.807, 2.05) is 0 Å². The Morgan fingerprint density at radius 1 is 1.42 bits per heavy atom. The van der Waals surface area contributed by atoms with Gasteiger partial charge in [0, 0.05) is 6.04 Å². The van der Waals surface area contributed by atoms with Gasteiger partial charge in [-0.25, -0.2) is 9.69 Å². The molecule has 1 aliphatic heterocycles. The van der Waals surface area contributed by atoms with Gasteiger partial charge >= 0.3 is 6.03 Å². The number of hydrogen-bond donors (Lipinski definition) is 1. The van der Waals surface area contributed by atoms with Gasteiger partial charge in [-0.15, -0.1) is 0 Å². The zero-order valence-corrected chi connectivity index (χ0v) is 7.26. The lowest BCUT2D eigenvalue weighted by Gasteiger charge is -2.21. The normalized spacial score (nSPS) is 20.1. The van der Waals surface area contributed by atoms with E-state index in [-0.39, 0.29) is 5.91 Å². The van der Waals surface area contributed by atoms with Gasteiger partial charge in [0.05, 0.1) is 0 Å². The van der Waals surface area contributed by atoms with Crippen molar-refractivity contribution in [1.29, 1.82) is 0 Å². The third-order valence-electron chi connectivity index (χ3n) is 1.76. The number of urea groups is 1. The van der Waals surface area contributed by atoms with Gasteiger partial charge in [-0.1, -0.05) is 5.92 Å². The number of nitrogens with zero attached hydrogens (tertiary/aromatic N) is 1. The number of carbonyl (C=O) groups is 2. The Hall–Kier alpha value is -1.50. The molecule has 0 aliphatic carbocycles. The van der Waals surface area contributed by atoms with Crippen LogP contribution >= 0.6 is 0 Å². The Balaban J connectivity index is 3.04. The van der Waals surface area contributed by atoms with Crippen molar-refractivity contribution in [3.8, 4) is 12.0 Å². The molecule has 1 N–H and O–H groups in total. The minimum absolute atomic E-state index is 0.310. The Morgan fingerprint density at radius 2 is 2.00 bits per heavy atom. The summed E-state index contributed by atoms with van der Waals surface area (Å²) in [6.45, 7) is 4.92. The largest absolute Gasteiger partial charge is 0.336 e. The van der Waals surface area contributed by atoms with Crippen LogP contribution in [0.1, 0.15) is 20.8 Å². The van der Waals surface area contributed by atoms with Gasteiger partial charge in [0.2, 0.25) is 0 Å². The quantitative estimate of drug-likeness (QED) is 0.415. The van der Waals surface area contributed by atoms with E-state index in [0.29, 0.717) is 0 Å². The van der Waals surface area contributed by atoms with Crippen LogP contribution in [0.5, 0.6) is 0 Å². The number of carbonyl (C=O) groups excluding carboxylic acids is 2. The number of rotatable bonds is 0. The van der Waals surface area contributed by atoms with E-state index in [0.717, 1.165) is 0 Å². The van der Waals surface area contributed by atoms with Crippen LogP contribution < -0.4 is 5.32 Å². The predicted octanol–water partition coefficient (Wildman–Crippen LogP) is 0.298. The molecular weight excluding hydrogens is 156 g/mol. The van der Waals surface area contributed by atoms with Crippen molar-refractivity contribution in [1.82, 2.24) is 10.2 Å². The summed E-state index contributed by atoms with van der Waals surface area (Å²) in [5.41, 5.74) is -0.847. The summed E-state index contributed by atoms with van der Waals surface area (Å²) in [6.07, 6.45) is 0. The molecule has 1 saturated heterocycles. The Kier molecular flexibility index (Phi) is 1.81. The molecular formula is C8H10N2O2. The third-order valence-corrected chi connectivity index (χ3v) is 1.76. The lowest BCUT2D eigenvalue weighted by molar-refractivity contribution is -0.124. The second-order valence-corrected chi connectivity index (χ2v) is 3.02. The van der Waals surface area contributed by atoms with Crippen LogP contribution in [-0.4, -0.2) is 22.4 Å². The van der Waals surface area contributed by atoms with Crippen LogP contribution in [-0.2, 0) is 4.79 Å². The molecule has 4 nitrogen and oxygen atoms in total. The molecule has 0 aromatic carbocycles. The summed E-state index contributed by atoms with van der Waals surface area (Å²) in [5, 5.41) is 2.19. The summed E-state index contributed by atoms with van der Waals surface area (Å²) in [6, 6.07) is 2.12. The molecule has 1 aliphatic rings. The van der Waals surface area contributed by atoms with Crippen molar-refractivity contribution >= 4 is 11.9 Å². The molecule has 0 spiro atoms. The van der Waals surface area contributed by atoms with E-state index in [2.05, 4.69) is 17.3 Å². The molecule has 0 radical (unpaired) electrons. The fourth-order valence-electron chi connectivity index (χ4n) is 0.964. The topological polar surface area (TPSA) is 49.4 Å². The highest BCUT2D eigenvalue weighted by molar-refractivity contribution is 6.07. The molecule has 1 fully saturated rings. The molecule has 1 heterocycles. The van der Waals surface area contributed by atoms with Crippen molar-refractivity contribution in [2.24, 2.45) is 0 Å². The van der Waals surface area contributed by atoms with Crippen LogP contribution in [0.2, 0.25) is 0 Å². The third kappa shape index (κ3) is 1.03. The number of nitrogens with one attached hydrogen (secondary N) is 1. The predicted molar refractivity (Wildman–Crippen MR) is 42.9 cm³/mol. The molecule has 4 heteroatoms. The van der Waals surface area contributed by atoms with Gasteiger partial charge in [0.15, 0.2) is 0 Å². The van der Waals surface area contributed by atoms with Crippen molar-refractivity contribution in [3.63, 3.8) is 0 Å². The van der Waals surface area contributed by atoms with Crippen LogP contribution in [0.4, 0.5) is 4.79 Å². The first-order valence-corrected chi connectivity index (χ1v) is 3.58. The van der Waals surface area contributed by atoms with Crippen molar-refractivity contribution in [2.45, 2.75) is 26.3 Å². The molecule has 0 unspecified atom stereocenters. The Bertz CT molecular complexity index is 296. The maximum atomic E-state index is 11.2. The van der Waals surface area contributed by atoms with Crippen LogP contribution in [0.25, 0.3) is 0 Å². The molecule has 12 heavy (non-hydrogen) atoms. The first-order chi connectivity index (χ1) is 5.50. The zero-order valence-electron chi connectivity index (χ0n) is 7.26. The molecule has 64 valence electrons. The lowest BCUT2D eigenvalue weighted by Crippen LogP contribution is -2.41. The summed E-state index contributed by atoms with van der Waals surface area (Å²) in [5.74, 6) is 2.27. The molecule has 0 saturated carbocycles. The SMILES string of the molecule is CC#CN1C(=O)NC(=O)C1(C)C. The van der Waals surface area contributed by atoms with Crippen molar-refractivity contribution < 1.29 is 9.59 Å². The highest BCUT2D eigenvalue weighted by Gasteiger charge is 2.45. The van der Waals surface area contributed by atoms with Crippen LogP contribution in [0.3, 0.4) is 0 Å². The van der Waals surface area contributed by atoms with Gasteiger partial charge in [0.1, 0.15) is 5.54 Å². The second kappa shape index (κ2) is 2.52. The van der Waals surface area contributed by atoms with E-state index in [1.165, 1.54) is 4.90 Å². The Morgan fingerprint density at radius 3 is 2.33 bits per heavy atom. The highest BCUT2D eigenvalue weighted by Crippen LogP contribution is 2.19. The highest BCUT2D eigenvalue weighted by atomic mass is 16.2. The van der Waals surface area contributed by atoms with Gasteiger partial charge in [-0.3, -0.25) is 10.1 Å². The maximum Gasteiger partial charge on any atom is 0.336 e. The van der Waals surface area contributed by atoms with E-state index >= 15 is 0 Å². The molecule has 0 bridgehead atoms. The molecule has 3 amide bonds. The summed E-state index contributed by atoms with van der Waals surface area (Å²) in [4.78, 5) is 23.4. The van der Waals surface area contributed by atoms with Crippen molar-refractivity contribution in [2.75, 3.05) is 0 Å². The molecule has 0 aromatic heterocycles. The minimum atomic E-state index is -0.847. The van der Waals surface area contributed by atoms with E-state index < -0.39 is 11.6 Å². The van der Waals surface area contributed by atoms with Gasteiger partial charge < -0.3 is 0 Å². The van der Waals surface area contributed by atoms with E-state index in [9.17, 15) is 9.59 Å². The number of imide groups is 1. The van der Waals surface area contributed by atoms with E-state index in [4.69, 9.17) is 0 Å². The summed E-state index contributed by atoms with van der Waals surface area (Å²) in [7, 11) is 0. The number of amides is 3. The molecule has 1 rings (SSSR count). The van der Waals surface area contributed by atoms with Gasteiger partial charge in [-0.2, -0.15) is 0 Å². The van der Waals surface area contributed by atoms with Crippen molar-refractivity contribution in [3.05, 3.63) is 0 Å². The van der Waals surface area contributed by atoms with Crippen LogP contribution in [0.15, 0.2) is 0 Å². The maximum absolute atomic E-state index is 11.2. The fourth-order valence-corrected chi connectivity index (χ4v) is 0.964. The van der Waals surface area contributed by atoms with E-state index in [1.54, 1.807) is 20.8 Å². The second-order valence-electron chi connectivity index (χ2n) is 3.02. The average Bonchev–Trinajstić information content (AvgIpc) is 2.14. The fraction of sp³-hybridized carbons (Fsp3) is 0.500. The zero-order chi connectivity index (χ0) is 9.35. The standard InChI is InChI=1S/C8H10N2O2/c1-4-5-10-7(12)9-6(11)8(10,2)3/h1-3H3,(H,9,11,12). The number of hydrogen-bond acceptors (Lipinski definition) is 2. The monoisotopic (exact) mass is 166 g/mol. The Labute approximate surface area is 70.9 Å². The van der Waals surface area contributed by atoms with Gasteiger partial charge in [-0.05, 0) is 20.8 Å². The first-order valence-electron chi connectivity index (χ1n) is 3.58. The summed E-state index contributed by atoms with van der Waals surface area (Å²) >= 11 is 0. The first kappa shape index (κ1) is 8.60. The molecule has 0 atom stereocenters.